The predicted molar refractivity (Wildman–Crippen MR) is 127 cm³/mol. The molecular weight excluding hydrogens is 424 g/mol. The smallest absolute Gasteiger partial charge is 0.258 e. The fourth-order valence-corrected chi connectivity index (χ4v) is 4.06. The molecule has 0 amide bonds. The minimum absolute atomic E-state index is 0.237. The average molecular weight is 451 g/mol. The van der Waals surface area contributed by atoms with Gasteiger partial charge >= 0.3 is 0 Å². The Morgan fingerprint density at radius 3 is 2.44 bits per heavy atom. The number of methoxy groups -OCH3 is 2. The summed E-state index contributed by atoms with van der Waals surface area (Å²) in [5, 5.41) is 8.31. The summed E-state index contributed by atoms with van der Waals surface area (Å²) in [4.78, 5) is 6.74. The Morgan fingerprint density at radius 1 is 1.06 bits per heavy atom. The van der Waals surface area contributed by atoms with Gasteiger partial charge in [-0.15, -0.1) is 0 Å². The lowest BCUT2D eigenvalue weighted by atomic mass is 9.94. The van der Waals surface area contributed by atoms with E-state index in [0.717, 1.165) is 28.1 Å². The molecule has 1 N–H and O–H groups in total. The van der Waals surface area contributed by atoms with Crippen molar-refractivity contribution in [3.05, 3.63) is 71.2 Å². The summed E-state index contributed by atoms with van der Waals surface area (Å²) in [7, 11) is 3.32. The Kier molecular flexibility index (Phi) is 6.53. The molecule has 0 bridgehead atoms. The Labute approximate surface area is 193 Å². The average Bonchev–Trinajstić information content (AvgIpc) is 3.29. The van der Waals surface area contributed by atoms with Crippen molar-refractivity contribution in [1.29, 1.82) is 0 Å². The largest absolute Gasteiger partial charge is 0.497 e. The molecule has 1 aliphatic heterocycles. The molecule has 8 heteroatoms. The highest BCUT2D eigenvalue weighted by molar-refractivity contribution is 7.80. The van der Waals surface area contributed by atoms with Gasteiger partial charge in [-0.25, -0.2) is 0 Å². The zero-order chi connectivity index (χ0) is 22.7. The van der Waals surface area contributed by atoms with Crippen molar-refractivity contribution in [2.75, 3.05) is 27.4 Å². The number of allylic oxidation sites excluding steroid dienone is 1. The van der Waals surface area contributed by atoms with Gasteiger partial charge in [-0.05, 0) is 43.8 Å². The fraction of sp³-hybridized carbons (Fsp3) is 0.292. The van der Waals surface area contributed by atoms with Crippen LogP contribution in [0, 0.1) is 6.92 Å². The van der Waals surface area contributed by atoms with Crippen LogP contribution in [0.15, 0.2) is 58.8 Å². The molecule has 0 saturated carbocycles. The third kappa shape index (κ3) is 4.37. The number of nitrogens with one attached hydrogen (secondary N) is 1. The normalized spacial score (nSPS) is 16.3. The van der Waals surface area contributed by atoms with E-state index < -0.39 is 0 Å². The maximum atomic E-state index is 5.76. The van der Waals surface area contributed by atoms with Gasteiger partial charge in [0.15, 0.2) is 5.11 Å². The van der Waals surface area contributed by atoms with E-state index >= 15 is 0 Å². The number of benzene rings is 2. The van der Waals surface area contributed by atoms with Crippen molar-refractivity contribution in [1.82, 2.24) is 20.4 Å². The van der Waals surface area contributed by atoms with Crippen molar-refractivity contribution in [3.63, 3.8) is 0 Å². The highest BCUT2D eigenvalue weighted by Gasteiger charge is 2.34. The number of aromatic nitrogens is 2. The second-order valence-electron chi connectivity index (χ2n) is 7.59. The van der Waals surface area contributed by atoms with Crippen LogP contribution in [0.25, 0.3) is 17.0 Å². The second kappa shape index (κ2) is 9.50. The van der Waals surface area contributed by atoms with Gasteiger partial charge < -0.3 is 24.2 Å². The quantitative estimate of drug-likeness (QED) is 0.532. The van der Waals surface area contributed by atoms with Crippen LogP contribution in [-0.2, 0) is 4.74 Å². The summed E-state index contributed by atoms with van der Waals surface area (Å²) in [6.45, 7) is 5.22. The molecule has 2 heterocycles. The van der Waals surface area contributed by atoms with E-state index in [2.05, 4.69) is 10.5 Å². The van der Waals surface area contributed by atoms with Gasteiger partial charge in [0.05, 0.1) is 25.3 Å². The minimum Gasteiger partial charge on any atom is -0.497 e. The first-order valence-electron chi connectivity index (χ1n) is 10.3. The first-order chi connectivity index (χ1) is 15.5. The number of hydrogen-bond acceptors (Lipinski definition) is 6. The molecule has 32 heavy (non-hydrogen) atoms. The molecule has 1 aliphatic rings. The van der Waals surface area contributed by atoms with E-state index in [9.17, 15) is 0 Å². The molecule has 166 valence electrons. The number of ether oxygens (including phenoxy) is 2. The molecular formula is C24H26N4O3S. The van der Waals surface area contributed by atoms with Gasteiger partial charge in [0.25, 0.3) is 5.89 Å². The van der Waals surface area contributed by atoms with Crippen LogP contribution in [0.5, 0.6) is 5.75 Å². The summed E-state index contributed by atoms with van der Waals surface area (Å²) in [5.41, 5.74) is 4.93. The van der Waals surface area contributed by atoms with E-state index in [1.54, 1.807) is 14.2 Å². The minimum atomic E-state index is -0.237. The molecule has 1 aromatic heterocycles. The highest BCUT2D eigenvalue weighted by atomic mass is 32.1. The Bertz CT molecular complexity index is 1120. The lowest BCUT2D eigenvalue weighted by Gasteiger charge is -2.37. The monoisotopic (exact) mass is 450 g/mol. The molecule has 1 unspecified atom stereocenters. The van der Waals surface area contributed by atoms with Gasteiger partial charge in [0.2, 0.25) is 5.82 Å². The molecule has 2 aromatic carbocycles. The number of hydrogen-bond donors (Lipinski definition) is 1. The zero-order valence-corrected chi connectivity index (χ0v) is 19.4. The van der Waals surface area contributed by atoms with Crippen molar-refractivity contribution in [3.8, 4) is 17.1 Å². The molecule has 0 aliphatic carbocycles. The van der Waals surface area contributed by atoms with Gasteiger partial charge in [-0.1, -0.05) is 47.1 Å². The zero-order valence-electron chi connectivity index (χ0n) is 18.6. The SMILES string of the molecule is COCCN1C(=S)NC(c2ccc(OC)cc2)C(c2nc(-c3ccc(C)cc3)no2)=C1C. The van der Waals surface area contributed by atoms with Crippen LogP contribution in [-0.4, -0.2) is 47.5 Å². The van der Waals surface area contributed by atoms with Crippen LogP contribution >= 0.6 is 12.2 Å². The molecule has 3 aromatic rings. The molecule has 7 nitrogen and oxygen atoms in total. The van der Waals surface area contributed by atoms with E-state index in [-0.39, 0.29) is 6.04 Å². The van der Waals surface area contributed by atoms with Gasteiger partial charge in [-0.3, -0.25) is 0 Å². The summed E-state index contributed by atoms with van der Waals surface area (Å²) in [5.74, 6) is 1.79. The number of rotatable bonds is 7. The Morgan fingerprint density at radius 2 is 1.78 bits per heavy atom. The van der Waals surface area contributed by atoms with Crippen LogP contribution < -0.4 is 10.1 Å². The molecule has 0 fully saturated rings. The van der Waals surface area contributed by atoms with Crippen LogP contribution in [0.2, 0.25) is 0 Å². The summed E-state index contributed by atoms with van der Waals surface area (Å²) in [6, 6.07) is 15.7. The molecule has 0 spiro atoms. The Balaban J connectivity index is 1.77. The van der Waals surface area contributed by atoms with E-state index in [1.165, 1.54) is 5.56 Å². The molecule has 0 radical (unpaired) electrons. The van der Waals surface area contributed by atoms with E-state index in [4.69, 9.17) is 31.2 Å². The van der Waals surface area contributed by atoms with E-state index in [1.807, 2.05) is 67.3 Å². The number of aryl methyl sites for hydroxylation is 1. The third-order valence-electron chi connectivity index (χ3n) is 5.53. The van der Waals surface area contributed by atoms with Crippen LogP contribution in [0.1, 0.15) is 30.0 Å². The van der Waals surface area contributed by atoms with Crippen molar-refractivity contribution >= 4 is 22.9 Å². The lowest BCUT2D eigenvalue weighted by molar-refractivity contribution is 0.183. The predicted octanol–water partition coefficient (Wildman–Crippen LogP) is 4.36. The van der Waals surface area contributed by atoms with Crippen molar-refractivity contribution in [2.45, 2.75) is 19.9 Å². The summed E-state index contributed by atoms with van der Waals surface area (Å²) in [6.07, 6.45) is 0. The van der Waals surface area contributed by atoms with Crippen molar-refractivity contribution in [2.24, 2.45) is 0 Å². The van der Waals surface area contributed by atoms with Crippen LogP contribution in [0.3, 0.4) is 0 Å². The van der Waals surface area contributed by atoms with Crippen molar-refractivity contribution < 1.29 is 14.0 Å². The summed E-state index contributed by atoms with van der Waals surface area (Å²) < 4.78 is 16.3. The fourth-order valence-electron chi connectivity index (χ4n) is 3.71. The molecule has 1 atom stereocenters. The molecule has 0 saturated heterocycles. The number of nitrogens with zero attached hydrogens (tertiary/aromatic N) is 3. The van der Waals surface area contributed by atoms with Crippen LogP contribution in [0.4, 0.5) is 0 Å². The standard InChI is InChI=1S/C24H26N4O3S/c1-15-5-7-18(8-6-15)22-26-23(31-27-22)20-16(2)28(13-14-29-3)24(32)25-21(20)17-9-11-19(30-4)12-10-17/h5-12,21H,13-14H2,1-4H3,(H,25,32). The third-order valence-corrected chi connectivity index (χ3v) is 5.87. The second-order valence-corrected chi connectivity index (χ2v) is 7.98. The maximum absolute atomic E-state index is 5.76. The first-order valence-corrected chi connectivity index (χ1v) is 10.8. The van der Waals surface area contributed by atoms with Gasteiger partial charge in [0.1, 0.15) is 5.75 Å². The van der Waals surface area contributed by atoms with Gasteiger partial charge in [-0.2, -0.15) is 4.98 Å². The molecule has 4 rings (SSSR count). The first kappa shape index (κ1) is 22.0. The highest BCUT2D eigenvalue weighted by Crippen LogP contribution is 2.37. The summed E-state index contributed by atoms with van der Waals surface area (Å²) >= 11 is 5.67. The maximum Gasteiger partial charge on any atom is 0.258 e. The number of thiocarbonyl (C=S) groups is 1. The Hall–Kier alpha value is -3.23. The van der Waals surface area contributed by atoms with E-state index in [0.29, 0.717) is 30.0 Å². The van der Waals surface area contributed by atoms with Gasteiger partial charge in [0, 0.05) is 24.9 Å². The lowest BCUT2D eigenvalue weighted by Crippen LogP contribution is -2.47. The topological polar surface area (TPSA) is 72.7 Å².